The zero-order valence-corrected chi connectivity index (χ0v) is 14.6. The fourth-order valence-corrected chi connectivity index (χ4v) is 2.94. The Balaban J connectivity index is 1.95. The van der Waals surface area contributed by atoms with Gasteiger partial charge in [-0.15, -0.1) is 0 Å². The van der Waals surface area contributed by atoms with E-state index < -0.39 is 23.7 Å². The van der Waals surface area contributed by atoms with Crippen molar-refractivity contribution < 1.29 is 22.8 Å². The fraction of sp³-hybridized carbons (Fsp3) is 0.556. The lowest BCUT2D eigenvalue weighted by Gasteiger charge is -2.20. The maximum absolute atomic E-state index is 12.6. The van der Waals surface area contributed by atoms with Crippen LogP contribution in [0.3, 0.4) is 0 Å². The van der Waals surface area contributed by atoms with Gasteiger partial charge in [-0.3, -0.25) is 9.59 Å². The lowest BCUT2D eigenvalue weighted by molar-refractivity contribution is -0.137. The molecule has 0 radical (unpaired) electrons. The molecular formula is C18H23F3N2O2. The van der Waals surface area contributed by atoms with Gasteiger partial charge in [0.25, 0.3) is 0 Å². The van der Waals surface area contributed by atoms with E-state index in [4.69, 9.17) is 0 Å². The highest BCUT2D eigenvalue weighted by atomic mass is 19.4. The van der Waals surface area contributed by atoms with Crippen LogP contribution in [0.4, 0.5) is 13.2 Å². The van der Waals surface area contributed by atoms with Crippen LogP contribution < -0.4 is 5.32 Å². The zero-order valence-electron chi connectivity index (χ0n) is 14.6. The number of likely N-dealkylation sites (tertiary alicyclic amines) is 1. The molecule has 0 spiro atoms. The molecule has 1 fully saturated rings. The Kier molecular flexibility index (Phi) is 5.75. The molecule has 1 saturated heterocycles. The molecule has 2 atom stereocenters. The number of carbonyl (C=O) groups excluding carboxylic acids is 2. The van der Waals surface area contributed by atoms with Gasteiger partial charge in [-0.1, -0.05) is 26.0 Å². The molecule has 0 aromatic heterocycles. The van der Waals surface area contributed by atoms with E-state index in [1.807, 2.05) is 13.8 Å². The Morgan fingerprint density at radius 1 is 1.24 bits per heavy atom. The standard InChI is InChI=1S/C18H23F3N2O2/c1-11(2)9-23-10-14(8-16(23)24)17(25)22-12(3)13-4-6-15(7-5-13)18(19,20)21/h4-7,11-12,14H,8-10H2,1-3H3,(H,22,25)/t12-,14+/m1/s1. The summed E-state index contributed by atoms with van der Waals surface area (Å²) in [5, 5.41) is 2.79. The number of nitrogens with one attached hydrogen (secondary N) is 1. The van der Waals surface area contributed by atoms with Gasteiger partial charge in [-0.05, 0) is 30.5 Å². The average Bonchev–Trinajstić information content (AvgIpc) is 2.87. The molecular weight excluding hydrogens is 333 g/mol. The van der Waals surface area contributed by atoms with Gasteiger partial charge in [0.2, 0.25) is 11.8 Å². The predicted octanol–water partition coefficient (Wildman–Crippen LogP) is 3.39. The quantitative estimate of drug-likeness (QED) is 0.879. The molecule has 7 heteroatoms. The maximum Gasteiger partial charge on any atom is 0.416 e. The van der Waals surface area contributed by atoms with Crippen molar-refractivity contribution in [3.05, 3.63) is 35.4 Å². The lowest BCUT2D eigenvalue weighted by Crippen LogP contribution is -2.35. The van der Waals surface area contributed by atoms with Crippen molar-refractivity contribution in [3.63, 3.8) is 0 Å². The van der Waals surface area contributed by atoms with E-state index in [2.05, 4.69) is 5.32 Å². The second-order valence-electron chi connectivity index (χ2n) is 6.94. The van der Waals surface area contributed by atoms with Gasteiger partial charge < -0.3 is 10.2 Å². The summed E-state index contributed by atoms with van der Waals surface area (Å²) in [6.45, 7) is 6.74. The first-order valence-electron chi connectivity index (χ1n) is 8.33. The summed E-state index contributed by atoms with van der Waals surface area (Å²) in [7, 11) is 0. The largest absolute Gasteiger partial charge is 0.416 e. The molecule has 25 heavy (non-hydrogen) atoms. The smallest absolute Gasteiger partial charge is 0.349 e. The first kappa shape index (κ1) is 19.3. The normalized spacial score (nSPS) is 19.4. The third-order valence-corrected chi connectivity index (χ3v) is 4.27. The van der Waals surface area contributed by atoms with E-state index >= 15 is 0 Å². The third-order valence-electron chi connectivity index (χ3n) is 4.27. The fourth-order valence-electron chi connectivity index (χ4n) is 2.94. The molecule has 1 aromatic rings. The van der Waals surface area contributed by atoms with Crippen LogP contribution in [0.2, 0.25) is 0 Å². The molecule has 138 valence electrons. The maximum atomic E-state index is 12.6. The summed E-state index contributed by atoms with van der Waals surface area (Å²) >= 11 is 0. The van der Waals surface area contributed by atoms with Crippen molar-refractivity contribution in [2.24, 2.45) is 11.8 Å². The summed E-state index contributed by atoms with van der Waals surface area (Å²) in [5.74, 6) is -0.358. The number of alkyl halides is 3. The number of halogens is 3. The van der Waals surface area contributed by atoms with Gasteiger partial charge in [0.15, 0.2) is 0 Å². The monoisotopic (exact) mass is 356 g/mol. The van der Waals surface area contributed by atoms with Crippen LogP contribution >= 0.6 is 0 Å². The van der Waals surface area contributed by atoms with E-state index in [-0.39, 0.29) is 18.2 Å². The van der Waals surface area contributed by atoms with Gasteiger partial charge in [0.1, 0.15) is 0 Å². The van der Waals surface area contributed by atoms with E-state index in [0.29, 0.717) is 24.6 Å². The molecule has 4 nitrogen and oxygen atoms in total. The highest BCUT2D eigenvalue weighted by Gasteiger charge is 2.35. The molecule has 0 saturated carbocycles. The van der Waals surface area contributed by atoms with Crippen molar-refractivity contribution in [2.45, 2.75) is 39.4 Å². The first-order chi connectivity index (χ1) is 11.6. The highest BCUT2D eigenvalue weighted by Crippen LogP contribution is 2.30. The number of carbonyl (C=O) groups is 2. The summed E-state index contributed by atoms with van der Waals surface area (Å²) < 4.78 is 37.8. The van der Waals surface area contributed by atoms with Crippen molar-refractivity contribution >= 4 is 11.8 Å². The number of nitrogens with zero attached hydrogens (tertiary/aromatic N) is 1. The number of rotatable bonds is 5. The number of hydrogen-bond acceptors (Lipinski definition) is 2. The van der Waals surface area contributed by atoms with Crippen LogP contribution in [0.5, 0.6) is 0 Å². The third kappa shape index (κ3) is 4.96. The minimum atomic E-state index is -4.38. The topological polar surface area (TPSA) is 49.4 Å². The van der Waals surface area contributed by atoms with Gasteiger partial charge in [-0.2, -0.15) is 13.2 Å². The summed E-state index contributed by atoms with van der Waals surface area (Å²) in [6, 6.07) is 4.30. The summed E-state index contributed by atoms with van der Waals surface area (Å²) in [5.41, 5.74) is -0.134. The second kappa shape index (κ2) is 7.45. The molecule has 1 aliphatic heterocycles. The molecule has 0 aliphatic carbocycles. The van der Waals surface area contributed by atoms with Crippen molar-refractivity contribution in [2.75, 3.05) is 13.1 Å². The lowest BCUT2D eigenvalue weighted by atomic mass is 10.0. The number of hydrogen-bond donors (Lipinski definition) is 1. The number of amides is 2. The SMILES string of the molecule is CC(C)CN1C[C@@H](C(=O)N[C@H](C)c2ccc(C(F)(F)F)cc2)CC1=O. The molecule has 1 aliphatic rings. The van der Waals surface area contributed by atoms with E-state index in [1.165, 1.54) is 12.1 Å². The summed E-state index contributed by atoms with van der Waals surface area (Å²) in [4.78, 5) is 26.0. The van der Waals surface area contributed by atoms with E-state index in [1.54, 1.807) is 11.8 Å². The van der Waals surface area contributed by atoms with Crippen molar-refractivity contribution in [1.82, 2.24) is 10.2 Å². The summed E-state index contributed by atoms with van der Waals surface area (Å²) in [6.07, 6.45) is -4.20. The van der Waals surface area contributed by atoms with Gasteiger partial charge in [-0.25, -0.2) is 0 Å². The molecule has 0 unspecified atom stereocenters. The van der Waals surface area contributed by atoms with Crippen LogP contribution in [0.1, 0.15) is 44.4 Å². The molecule has 2 amide bonds. The van der Waals surface area contributed by atoms with Crippen molar-refractivity contribution in [3.8, 4) is 0 Å². The minimum absolute atomic E-state index is 0.0315. The number of benzene rings is 1. The first-order valence-corrected chi connectivity index (χ1v) is 8.33. The molecule has 0 bridgehead atoms. The Morgan fingerprint density at radius 2 is 1.84 bits per heavy atom. The molecule has 1 N–H and O–H groups in total. The van der Waals surface area contributed by atoms with Crippen LogP contribution in [-0.2, 0) is 15.8 Å². The van der Waals surface area contributed by atoms with Crippen LogP contribution in [0.25, 0.3) is 0 Å². The average molecular weight is 356 g/mol. The minimum Gasteiger partial charge on any atom is -0.349 e. The van der Waals surface area contributed by atoms with Crippen LogP contribution in [0.15, 0.2) is 24.3 Å². The zero-order chi connectivity index (χ0) is 18.8. The van der Waals surface area contributed by atoms with Crippen molar-refractivity contribution in [1.29, 1.82) is 0 Å². The van der Waals surface area contributed by atoms with Crippen LogP contribution in [-0.4, -0.2) is 29.8 Å². The van der Waals surface area contributed by atoms with E-state index in [0.717, 1.165) is 12.1 Å². The Labute approximate surface area is 145 Å². The molecule has 2 rings (SSSR count). The second-order valence-corrected chi connectivity index (χ2v) is 6.94. The molecule has 1 heterocycles. The van der Waals surface area contributed by atoms with E-state index in [9.17, 15) is 22.8 Å². The predicted molar refractivity (Wildman–Crippen MR) is 87.5 cm³/mol. The Hall–Kier alpha value is -2.05. The Bertz CT molecular complexity index is 626. The molecule has 1 aromatic carbocycles. The van der Waals surface area contributed by atoms with Gasteiger partial charge >= 0.3 is 6.18 Å². The van der Waals surface area contributed by atoms with Gasteiger partial charge in [0, 0.05) is 19.5 Å². The van der Waals surface area contributed by atoms with Crippen LogP contribution in [0, 0.1) is 11.8 Å². The Morgan fingerprint density at radius 3 is 2.36 bits per heavy atom. The van der Waals surface area contributed by atoms with Gasteiger partial charge in [0.05, 0.1) is 17.5 Å². The highest BCUT2D eigenvalue weighted by molar-refractivity contribution is 5.89.